The van der Waals surface area contributed by atoms with Crippen LogP contribution in [0.3, 0.4) is 0 Å². The standard InChI is InChI=1S/C9H11N3O2.C8H9N3O2.C5H7Cl2NO2.C5H9N.ClH.Na.H2O/c1-14-8(13)7-5-12(11-10-7)9-2-6(3-9)4-9;12-7(13)6-4-11(10-9-6)8-1-5(2-8)3-8;1-8-3(4(6)7)5(9)10-2;6-5-1-4(2-5)3-5;;;/h5-6H,2-4H2,1H3;4-5H,1-3H2,(H,12,13);4H,1-2H3;4H,1-3,6H2;1H;;1H2/q;;;;;+1;/p-1. The maximum absolute atomic E-state index is 11.1. The minimum Gasteiger partial charge on any atom is -0.870 e. The van der Waals surface area contributed by atoms with E-state index in [1.54, 1.807) is 10.9 Å². The van der Waals surface area contributed by atoms with Gasteiger partial charge in [-0.05, 0) is 75.5 Å². The van der Waals surface area contributed by atoms with E-state index >= 15 is 0 Å². The third kappa shape index (κ3) is 7.88. The Morgan fingerprint density at radius 3 is 1.50 bits per heavy atom. The van der Waals surface area contributed by atoms with Crippen molar-refractivity contribution in [3.05, 3.63) is 23.8 Å². The van der Waals surface area contributed by atoms with Gasteiger partial charge < -0.3 is 25.8 Å². The van der Waals surface area contributed by atoms with Gasteiger partial charge in [-0.15, -0.1) is 22.6 Å². The number of aliphatic imine (C=N–C) groups is 1. The molecule has 0 spiro atoms. The Hall–Kier alpha value is -1.85. The van der Waals surface area contributed by atoms with Crippen LogP contribution in [-0.2, 0) is 25.3 Å². The molecule has 2 aromatic heterocycles. The number of aromatic nitrogens is 6. The number of aromatic carboxylic acids is 1. The van der Waals surface area contributed by atoms with Crippen molar-refractivity contribution in [3.63, 3.8) is 0 Å². The maximum atomic E-state index is 11.1. The number of esters is 2. The van der Waals surface area contributed by atoms with Gasteiger partial charge in [-0.1, -0.05) is 33.6 Å². The number of carboxylic acids is 1. The maximum Gasteiger partial charge on any atom is 1.00 e. The van der Waals surface area contributed by atoms with Crippen molar-refractivity contribution in [3.8, 4) is 0 Å². The average Bonchev–Trinajstić information content (AvgIpc) is 3.50. The molecular formula is C27H38Cl3N8NaO7. The van der Waals surface area contributed by atoms with E-state index in [1.165, 1.54) is 66.0 Å². The SMILES string of the molecule is CN=C(C(=O)OC)C(Cl)Cl.COC(=O)c1cn(C23CC(C2)C3)nn1.Cl.NC12CC(C1)C2.O=C(O)c1cn(C23CC(C2)C3)nn1.[Na+].[OH-]. The number of carboxylic acid groups (broad SMARTS) is 1. The predicted octanol–water partition coefficient (Wildman–Crippen LogP) is -0.160. The van der Waals surface area contributed by atoms with Gasteiger partial charge in [0.25, 0.3) is 0 Å². The molecule has 15 nitrogen and oxygen atoms in total. The molecule has 2 heterocycles. The summed E-state index contributed by atoms with van der Waals surface area (Å²) in [5, 5.41) is 23.9. The van der Waals surface area contributed by atoms with Gasteiger partial charge in [0.2, 0.25) is 0 Å². The van der Waals surface area contributed by atoms with Crippen LogP contribution in [0.25, 0.3) is 0 Å². The molecule has 0 unspecified atom stereocenters. The van der Waals surface area contributed by atoms with Crippen LogP contribution in [0.1, 0.15) is 78.8 Å². The Kier molecular flexibility index (Phi) is 13.7. The fraction of sp³-hybridized carbons (Fsp3) is 0.704. The number of rotatable bonds is 6. The number of hydrogen-bond donors (Lipinski definition) is 2. The van der Waals surface area contributed by atoms with Crippen LogP contribution in [0.2, 0.25) is 0 Å². The molecule has 6 bridgehead atoms. The van der Waals surface area contributed by atoms with E-state index in [0.29, 0.717) is 11.2 Å². The number of nitrogens with zero attached hydrogens (tertiary/aromatic N) is 7. The second-order valence-electron chi connectivity index (χ2n) is 12.5. The van der Waals surface area contributed by atoms with Crippen LogP contribution in [0.5, 0.6) is 0 Å². The first-order valence-corrected chi connectivity index (χ1v) is 15.0. The molecule has 2 aromatic rings. The number of carbonyl (C=O) groups excluding carboxylic acids is 2. The Bertz CT molecular complexity index is 1390. The minimum atomic E-state index is -1.00. The van der Waals surface area contributed by atoms with Crippen molar-refractivity contribution in [2.24, 2.45) is 28.5 Å². The average molecular weight is 716 g/mol. The van der Waals surface area contributed by atoms with Gasteiger partial charge in [0.15, 0.2) is 21.9 Å². The van der Waals surface area contributed by atoms with E-state index in [-0.39, 0.29) is 69.9 Å². The number of ether oxygens (including phenoxy) is 2. The van der Waals surface area contributed by atoms with Crippen LogP contribution in [0.15, 0.2) is 17.4 Å². The van der Waals surface area contributed by atoms with Gasteiger partial charge in [-0.25, -0.2) is 23.7 Å². The smallest absolute Gasteiger partial charge is 0.870 e. The first-order chi connectivity index (χ1) is 20.3. The summed E-state index contributed by atoms with van der Waals surface area (Å²) in [6.45, 7) is 0. The molecule has 11 rings (SSSR count). The quantitative estimate of drug-likeness (QED) is 0.173. The Morgan fingerprint density at radius 2 is 1.28 bits per heavy atom. The molecule has 0 saturated heterocycles. The Morgan fingerprint density at radius 1 is 0.891 bits per heavy atom. The van der Waals surface area contributed by atoms with E-state index in [9.17, 15) is 14.4 Å². The van der Waals surface area contributed by atoms with Gasteiger partial charge in [-0.3, -0.25) is 4.99 Å². The third-order valence-electron chi connectivity index (χ3n) is 9.51. The molecule has 9 aliphatic rings. The molecule has 0 aliphatic heterocycles. The van der Waals surface area contributed by atoms with Crippen molar-refractivity contribution in [2.75, 3.05) is 21.3 Å². The van der Waals surface area contributed by atoms with Gasteiger partial charge in [0.05, 0.1) is 37.7 Å². The molecule has 0 aromatic carbocycles. The van der Waals surface area contributed by atoms with Crippen LogP contribution in [0, 0.1) is 17.8 Å². The summed E-state index contributed by atoms with van der Waals surface area (Å²) >= 11 is 10.7. The molecule has 4 N–H and O–H groups in total. The largest absolute Gasteiger partial charge is 1.00 e. The second kappa shape index (κ2) is 15.6. The summed E-state index contributed by atoms with van der Waals surface area (Å²) < 4.78 is 12.5. The number of nitrogens with two attached hydrogens (primary N) is 1. The van der Waals surface area contributed by atoms with Crippen LogP contribution >= 0.6 is 35.6 Å². The molecule has 19 heteroatoms. The van der Waals surface area contributed by atoms with Crippen molar-refractivity contribution in [1.82, 2.24) is 30.0 Å². The van der Waals surface area contributed by atoms with Crippen molar-refractivity contribution in [1.29, 1.82) is 0 Å². The van der Waals surface area contributed by atoms with Gasteiger partial charge in [-0.2, -0.15) is 0 Å². The molecule has 46 heavy (non-hydrogen) atoms. The first kappa shape index (κ1) is 40.3. The normalized spacial score (nSPS) is 30.7. The molecule has 9 fully saturated rings. The zero-order chi connectivity index (χ0) is 31.2. The van der Waals surface area contributed by atoms with E-state index in [0.717, 1.165) is 37.0 Å². The monoisotopic (exact) mass is 714 g/mol. The molecule has 250 valence electrons. The summed E-state index contributed by atoms with van der Waals surface area (Å²) in [5.74, 6) is 0.784. The Balaban J connectivity index is 0.000000216. The number of carbonyl (C=O) groups is 3. The first-order valence-electron chi connectivity index (χ1n) is 14.1. The van der Waals surface area contributed by atoms with Crippen LogP contribution < -0.4 is 35.3 Å². The fourth-order valence-corrected chi connectivity index (χ4v) is 7.02. The van der Waals surface area contributed by atoms with E-state index in [2.05, 4.69) is 35.1 Å². The molecular weight excluding hydrogens is 678 g/mol. The number of methoxy groups -OCH3 is 2. The van der Waals surface area contributed by atoms with E-state index < -0.39 is 22.7 Å². The molecule has 0 amide bonds. The fourth-order valence-electron chi connectivity index (χ4n) is 6.64. The summed E-state index contributed by atoms with van der Waals surface area (Å²) in [6.07, 6.45) is 14.2. The predicted molar refractivity (Wildman–Crippen MR) is 163 cm³/mol. The van der Waals surface area contributed by atoms with Gasteiger partial charge in [0.1, 0.15) is 0 Å². The van der Waals surface area contributed by atoms with E-state index in [4.69, 9.17) is 34.0 Å². The summed E-state index contributed by atoms with van der Waals surface area (Å²) in [7, 11) is 4.01. The summed E-state index contributed by atoms with van der Waals surface area (Å²) in [6, 6.07) is 0. The van der Waals surface area contributed by atoms with Crippen LogP contribution in [-0.4, -0.2) is 95.8 Å². The van der Waals surface area contributed by atoms with Gasteiger partial charge >= 0.3 is 47.5 Å². The molecule has 0 radical (unpaired) electrons. The van der Waals surface area contributed by atoms with Gasteiger partial charge in [0, 0.05) is 12.6 Å². The summed E-state index contributed by atoms with van der Waals surface area (Å²) in [5.41, 5.74) is 6.76. The molecule has 9 aliphatic carbocycles. The molecule has 0 atom stereocenters. The molecule has 9 saturated carbocycles. The van der Waals surface area contributed by atoms with E-state index in [1.807, 2.05) is 4.68 Å². The zero-order valence-electron chi connectivity index (χ0n) is 26.1. The van der Waals surface area contributed by atoms with Crippen molar-refractivity contribution in [2.45, 2.75) is 79.2 Å². The zero-order valence-corrected chi connectivity index (χ0v) is 30.5. The van der Waals surface area contributed by atoms with Crippen LogP contribution in [0.4, 0.5) is 0 Å². The third-order valence-corrected chi connectivity index (χ3v) is 9.93. The number of halogens is 3. The topological polar surface area (TPSA) is 220 Å². The minimum absolute atomic E-state index is 0. The summed E-state index contributed by atoms with van der Waals surface area (Å²) in [4.78, 5) is 35.0. The second-order valence-corrected chi connectivity index (χ2v) is 13.6. The Labute approximate surface area is 304 Å². The van der Waals surface area contributed by atoms with Crippen molar-refractivity contribution < 1.29 is 64.0 Å². The number of hydrogen-bond acceptors (Lipinski definition) is 12. The number of alkyl halides is 2. The van der Waals surface area contributed by atoms with Crippen molar-refractivity contribution >= 4 is 59.2 Å².